The van der Waals surface area contributed by atoms with Crippen molar-refractivity contribution in [2.75, 3.05) is 12.0 Å². The van der Waals surface area contributed by atoms with Crippen LogP contribution in [0.5, 0.6) is 5.75 Å². The van der Waals surface area contributed by atoms with Crippen LogP contribution in [-0.2, 0) is 0 Å². The zero-order valence-corrected chi connectivity index (χ0v) is 16.2. The SMILES string of the molecule is CCCCOc1ccccc1/C=N/Nc1nc(-c2cccc([N+](=O)[O-])c2)cs1. The van der Waals surface area contributed by atoms with Gasteiger partial charge in [0.15, 0.2) is 0 Å². The van der Waals surface area contributed by atoms with Gasteiger partial charge in [0, 0.05) is 28.6 Å². The number of hydrazone groups is 1. The number of nitrogens with one attached hydrogen (secondary N) is 1. The first-order valence-corrected chi connectivity index (χ1v) is 9.76. The number of hydrogen-bond donors (Lipinski definition) is 1. The van der Waals surface area contributed by atoms with Crippen molar-refractivity contribution >= 4 is 28.4 Å². The normalized spacial score (nSPS) is 10.9. The van der Waals surface area contributed by atoms with E-state index in [9.17, 15) is 10.1 Å². The van der Waals surface area contributed by atoms with E-state index in [2.05, 4.69) is 22.4 Å². The molecule has 0 saturated heterocycles. The van der Waals surface area contributed by atoms with E-state index in [-0.39, 0.29) is 5.69 Å². The lowest BCUT2D eigenvalue weighted by Gasteiger charge is -2.07. The molecule has 3 aromatic rings. The maximum Gasteiger partial charge on any atom is 0.270 e. The number of aromatic nitrogens is 1. The number of ether oxygens (including phenoxy) is 1. The monoisotopic (exact) mass is 396 g/mol. The van der Waals surface area contributed by atoms with Crippen molar-refractivity contribution in [1.29, 1.82) is 0 Å². The molecule has 0 unspecified atom stereocenters. The second-order valence-corrected chi connectivity index (χ2v) is 6.81. The first kappa shape index (κ1) is 19.5. The third-order valence-electron chi connectivity index (χ3n) is 3.90. The molecule has 2 aromatic carbocycles. The van der Waals surface area contributed by atoms with Crippen molar-refractivity contribution in [3.63, 3.8) is 0 Å². The number of anilines is 1. The molecule has 0 radical (unpaired) electrons. The Morgan fingerprint density at radius 2 is 2.14 bits per heavy atom. The molecule has 1 heterocycles. The quantitative estimate of drug-likeness (QED) is 0.228. The van der Waals surface area contributed by atoms with Crippen LogP contribution in [0, 0.1) is 10.1 Å². The summed E-state index contributed by atoms with van der Waals surface area (Å²) in [6, 6.07) is 14.1. The number of nitro groups is 1. The molecule has 0 amide bonds. The summed E-state index contributed by atoms with van der Waals surface area (Å²) in [7, 11) is 0. The number of nitrogens with zero attached hydrogens (tertiary/aromatic N) is 3. The van der Waals surface area contributed by atoms with Crippen LogP contribution in [0.3, 0.4) is 0 Å². The van der Waals surface area contributed by atoms with Crippen LogP contribution in [0.1, 0.15) is 25.3 Å². The summed E-state index contributed by atoms with van der Waals surface area (Å²) >= 11 is 1.38. The zero-order valence-electron chi connectivity index (χ0n) is 15.4. The average Bonchev–Trinajstić information content (AvgIpc) is 3.18. The van der Waals surface area contributed by atoms with E-state index in [1.54, 1.807) is 18.3 Å². The Morgan fingerprint density at radius 1 is 1.29 bits per heavy atom. The maximum atomic E-state index is 10.9. The minimum absolute atomic E-state index is 0.0395. The number of thiazole rings is 1. The molecule has 1 N–H and O–H groups in total. The van der Waals surface area contributed by atoms with Gasteiger partial charge >= 0.3 is 0 Å². The largest absolute Gasteiger partial charge is 0.493 e. The fraction of sp³-hybridized carbons (Fsp3) is 0.200. The lowest BCUT2D eigenvalue weighted by molar-refractivity contribution is -0.384. The molecule has 28 heavy (non-hydrogen) atoms. The van der Waals surface area contributed by atoms with Crippen LogP contribution < -0.4 is 10.2 Å². The fourth-order valence-corrected chi connectivity index (χ4v) is 3.11. The van der Waals surface area contributed by atoms with Gasteiger partial charge in [0.05, 0.1) is 23.4 Å². The van der Waals surface area contributed by atoms with Gasteiger partial charge in [-0.05, 0) is 18.6 Å². The fourth-order valence-electron chi connectivity index (χ4n) is 2.44. The summed E-state index contributed by atoms with van der Waals surface area (Å²) in [5.41, 5.74) is 5.17. The Hall–Kier alpha value is -3.26. The second-order valence-electron chi connectivity index (χ2n) is 5.96. The molecule has 3 rings (SSSR count). The molecule has 0 spiro atoms. The van der Waals surface area contributed by atoms with Crippen molar-refractivity contribution < 1.29 is 9.66 Å². The van der Waals surface area contributed by atoms with E-state index in [1.165, 1.54) is 23.5 Å². The van der Waals surface area contributed by atoms with Gasteiger partial charge in [0.25, 0.3) is 5.69 Å². The first-order chi connectivity index (χ1) is 13.7. The molecular weight excluding hydrogens is 376 g/mol. The molecule has 0 aliphatic rings. The number of non-ortho nitro benzene ring substituents is 1. The van der Waals surface area contributed by atoms with Crippen LogP contribution in [0.15, 0.2) is 59.0 Å². The molecule has 7 nitrogen and oxygen atoms in total. The first-order valence-electron chi connectivity index (χ1n) is 8.88. The molecule has 0 bridgehead atoms. The molecular formula is C20H20N4O3S. The second kappa shape index (κ2) is 9.61. The molecule has 144 valence electrons. The average molecular weight is 396 g/mol. The molecule has 0 saturated carbocycles. The van der Waals surface area contributed by atoms with Crippen molar-refractivity contribution in [3.8, 4) is 17.0 Å². The zero-order chi connectivity index (χ0) is 19.8. The van der Waals surface area contributed by atoms with E-state index in [0.717, 1.165) is 24.2 Å². The number of para-hydroxylation sites is 1. The minimum Gasteiger partial charge on any atom is -0.493 e. The summed E-state index contributed by atoms with van der Waals surface area (Å²) in [5.74, 6) is 0.790. The lowest BCUT2D eigenvalue weighted by Crippen LogP contribution is -2.00. The van der Waals surface area contributed by atoms with Gasteiger partial charge < -0.3 is 4.74 Å². The van der Waals surface area contributed by atoms with E-state index in [4.69, 9.17) is 4.74 Å². The number of unbranched alkanes of at least 4 members (excludes halogenated alkanes) is 1. The Morgan fingerprint density at radius 3 is 2.96 bits per heavy atom. The lowest BCUT2D eigenvalue weighted by atomic mass is 10.1. The molecule has 0 fully saturated rings. The van der Waals surface area contributed by atoms with Gasteiger partial charge in [-0.15, -0.1) is 11.3 Å². The van der Waals surface area contributed by atoms with Crippen molar-refractivity contribution in [2.45, 2.75) is 19.8 Å². The third kappa shape index (κ3) is 5.14. The Balaban J connectivity index is 1.66. The standard InChI is InChI=1S/C20H20N4O3S/c1-2-3-11-27-19-10-5-4-7-16(19)13-21-23-20-22-18(14-28-20)15-8-6-9-17(12-15)24(25)26/h4-10,12-14H,2-3,11H2,1H3,(H,22,23)/b21-13+. The topological polar surface area (TPSA) is 89.7 Å². The van der Waals surface area contributed by atoms with E-state index in [0.29, 0.717) is 23.0 Å². The summed E-state index contributed by atoms with van der Waals surface area (Å²) in [6.07, 6.45) is 3.77. The summed E-state index contributed by atoms with van der Waals surface area (Å²) in [5, 5.41) is 17.6. The summed E-state index contributed by atoms with van der Waals surface area (Å²) in [6.45, 7) is 2.80. The number of benzene rings is 2. The minimum atomic E-state index is -0.417. The van der Waals surface area contributed by atoms with E-state index >= 15 is 0 Å². The van der Waals surface area contributed by atoms with Crippen LogP contribution in [0.25, 0.3) is 11.3 Å². The summed E-state index contributed by atoms with van der Waals surface area (Å²) < 4.78 is 5.79. The highest BCUT2D eigenvalue weighted by molar-refractivity contribution is 7.14. The smallest absolute Gasteiger partial charge is 0.270 e. The predicted octanol–water partition coefficient (Wildman–Crippen LogP) is 5.34. The van der Waals surface area contributed by atoms with E-state index < -0.39 is 4.92 Å². The van der Waals surface area contributed by atoms with Crippen molar-refractivity contribution in [1.82, 2.24) is 4.98 Å². The molecule has 8 heteroatoms. The van der Waals surface area contributed by atoms with Gasteiger partial charge in [0.1, 0.15) is 5.75 Å². The van der Waals surface area contributed by atoms with Gasteiger partial charge in [-0.3, -0.25) is 15.5 Å². The van der Waals surface area contributed by atoms with Gasteiger partial charge in [-0.25, -0.2) is 4.98 Å². The Labute approximate surface area is 166 Å². The van der Waals surface area contributed by atoms with Crippen LogP contribution in [-0.4, -0.2) is 22.7 Å². The maximum absolute atomic E-state index is 10.9. The highest BCUT2D eigenvalue weighted by Gasteiger charge is 2.09. The van der Waals surface area contributed by atoms with Gasteiger partial charge in [0.2, 0.25) is 5.13 Å². The summed E-state index contributed by atoms with van der Waals surface area (Å²) in [4.78, 5) is 14.9. The highest BCUT2D eigenvalue weighted by atomic mass is 32.1. The highest BCUT2D eigenvalue weighted by Crippen LogP contribution is 2.27. The van der Waals surface area contributed by atoms with Crippen molar-refractivity contribution in [2.24, 2.45) is 5.10 Å². The molecule has 0 aliphatic carbocycles. The predicted molar refractivity (Wildman–Crippen MR) is 112 cm³/mol. The number of hydrogen-bond acceptors (Lipinski definition) is 7. The van der Waals surface area contributed by atoms with Crippen molar-refractivity contribution in [3.05, 3.63) is 69.6 Å². The Kier molecular flexibility index (Phi) is 6.69. The Bertz CT molecular complexity index is 971. The van der Waals surface area contributed by atoms with E-state index in [1.807, 2.05) is 29.6 Å². The number of nitro benzene ring substituents is 1. The van der Waals surface area contributed by atoms with Crippen LogP contribution >= 0.6 is 11.3 Å². The van der Waals surface area contributed by atoms with Crippen LogP contribution in [0.2, 0.25) is 0 Å². The van der Waals surface area contributed by atoms with Gasteiger partial charge in [-0.1, -0.05) is 37.6 Å². The molecule has 0 aliphatic heterocycles. The molecule has 1 aromatic heterocycles. The van der Waals surface area contributed by atoms with Crippen LogP contribution in [0.4, 0.5) is 10.8 Å². The van der Waals surface area contributed by atoms with Gasteiger partial charge in [-0.2, -0.15) is 5.10 Å². The number of rotatable bonds is 9. The molecule has 0 atom stereocenters. The third-order valence-corrected chi connectivity index (χ3v) is 4.64.